The number of benzene rings is 2. The van der Waals surface area contributed by atoms with Gasteiger partial charge in [0.2, 0.25) is 0 Å². The second-order valence-electron chi connectivity index (χ2n) is 4.84. The number of methoxy groups -OCH3 is 1. The van der Waals surface area contributed by atoms with Crippen LogP contribution < -0.4 is 10.5 Å². The highest BCUT2D eigenvalue weighted by Gasteiger charge is 2.10. The van der Waals surface area contributed by atoms with Gasteiger partial charge in [0.1, 0.15) is 5.75 Å². The molecule has 0 bridgehead atoms. The molecule has 0 aliphatic heterocycles. The first-order valence-electron chi connectivity index (χ1n) is 6.76. The second kappa shape index (κ2) is 5.73. The molecule has 5 nitrogen and oxygen atoms in total. The van der Waals surface area contributed by atoms with Gasteiger partial charge >= 0.3 is 0 Å². The molecule has 0 saturated carbocycles. The third-order valence-corrected chi connectivity index (χ3v) is 3.51. The van der Waals surface area contributed by atoms with E-state index in [4.69, 9.17) is 10.5 Å². The van der Waals surface area contributed by atoms with Gasteiger partial charge in [0, 0.05) is 11.8 Å². The van der Waals surface area contributed by atoms with Crippen molar-refractivity contribution in [3.8, 4) is 28.0 Å². The molecule has 22 heavy (non-hydrogen) atoms. The Morgan fingerprint density at radius 1 is 1.05 bits per heavy atom. The molecule has 0 saturated heterocycles. The summed E-state index contributed by atoms with van der Waals surface area (Å²) >= 11 is 0. The fourth-order valence-corrected chi connectivity index (χ4v) is 2.34. The van der Waals surface area contributed by atoms with Gasteiger partial charge in [-0.1, -0.05) is 30.3 Å². The molecule has 0 spiro atoms. The van der Waals surface area contributed by atoms with Gasteiger partial charge in [-0.05, 0) is 28.8 Å². The van der Waals surface area contributed by atoms with Gasteiger partial charge in [0.05, 0.1) is 18.9 Å². The fraction of sp³-hybridized carbons (Fsp3) is 0.0588. The van der Waals surface area contributed by atoms with Crippen molar-refractivity contribution in [3.05, 3.63) is 60.4 Å². The lowest BCUT2D eigenvalue weighted by molar-refractivity contribution is 0.0997. The molecule has 0 unspecified atom stereocenters. The van der Waals surface area contributed by atoms with Crippen LogP contribution in [0.5, 0.6) is 5.75 Å². The number of carbonyl (C=O) groups is 1. The van der Waals surface area contributed by atoms with Crippen LogP contribution in [0.25, 0.3) is 22.3 Å². The van der Waals surface area contributed by atoms with E-state index in [2.05, 4.69) is 10.2 Å². The maximum absolute atomic E-state index is 11.5. The average molecular weight is 293 g/mol. The van der Waals surface area contributed by atoms with E-state index >= 15 is 0 Å². The molecule has 110 valence electrons. The van der Waals surface area contributed by atoms with Gasteiger partial charge in [-0.15, -0.1) is 0 Å². The fourth-order valence-electron chi connectivity index (χ4n) is 2.34. The monoisotopic (exact) mass is 293 g/mol. The number of nitrogens with two attached hydrogens (primary N) is 1. The van der Waals surface area contributed by atoms with Crippen molar-refractivity contribution in [1.82, 2.24) is 10.2 Å². The summed E-state index contributed by atoms with van der Waals surface area (Å²) in [7, 11) is 1.52. The SMILES string of the molecule is COc1ccc(-c2ccc(-c3cn[nH]c3)cc2)cc1C(N)=O. The smallest absolute Gasteiger partial charge is 0.252 e. The number of hydrogen-bond acceptors (Lipinski definition) is 3. The molecule has 3 aromatic rings. The van der Waals surface area contributed by atoms with Crippen molar-refractivity contribution >= 4 is 5.91 Å². The predicted octanol–water partition coefficient (Wildman–Crippen LogP) is 2.85. The normalized spacial score (nSPS) is 10.4. The Kier molecular flexibility index (Phi) is 3.62. The molecule has 2 aromatic carbocycles. The molecule has 0 aliphatic carbocycles. The maximum atomic E-state index is 11.5. The van der Waals surface area contributed by atoms with Crippen LogP contribution in [0.1, 0.15) is 10.4 Å². The van der Waals surface area contributed by atoms with E-state index in [0.29, 0.717) is 11.3 Å². The zero-order valence-electron chi connectivity index (χ0n) is 12.0. The number of H-pyrrole nitrogens is 1. The van der Waals surface area contributed by atoms with Crippen LogP contribution in [-0.4, -0.2) is 23.2 Å². The maximum Gasteiger partial charge on any atom is 0.252 e. The van der Waals surface area contributed by atoms with Crippen molar-refractivity contribution < 1.29 is 9.53 Å². The number of carbonyl (C=O) groups excluding carboxylic acids is 1. The van der Waals surface area contributed by atoms with E-state index in [1.54, 1.807) is 18.3 Å². The van der Waals surface area contributed by atoms with Crippen molar-refractivity contribution in [3.63, 3.8) is 0 Å². The molecular formula is C17H15N3O2. The molecule has 3 N–H and O–H groups in total. The number of aromatic amines is 1. The number of hydrogen-bond donors (Lipinski definition) is 2. The van der Waals surface area contributed by atoms with Crippen molar-refractivity contribution in [2.75, 3.05) is 7.11 Å². The third-order valence-electron chi connectivity index (χ3n) is 3.51. The number of rotatable bonds is 4. The molecule has 0 aliphatic rings. The summed E-state index contributed by atoms with van der Waals surface area (Å²) in [4.78, 5) is 11.5. The van der Waals surface area contributed by atoms with Gasteiger partial charge in [0.15, 0.2) is 0 Å². The Hall–Kier alpha value is -3.08. The summed E-state index contributed by atoms with van der Waals surface area (Å²) in [6.07, 6.45) is 3.61. The molecule has 1 heterocycles. The molecule has 0 fully saturated rings. The molecule has 3 rings (SSSR count). The van der Waals surface area contributed by atoms with Crippen LogP contribution >= 0.6 is 0 Å². The summed E-state index contributed by atoms with van der Waals surface area (Å²) in [6.45, 7) is 0. The third kappa shape index (κ3) is 2.56. The van der Waals surface area contributed by atoms with E-state index in [0.717, 1.165) is 22.3 Å². The Morgan fingerprint density at radius 3 is 2.23 bits per heavy atom. The van der Waals surface area contributed by atoms with E-state index in [9.17, 15) is 4.79 Å². The van der Waals surface area contributed by atoms with E-state index in [1.165, 1.54) is 7.11 Å². The Morgan fingerprint density at radius 2 is 1.68 bits per heavy atom. The molecular weight excluding hydrogens is 278 g/mol. The van der Waals surface area contributed by atoms with Crippen LogP contribution in [-0.2, 0) is 0 Å². The molecule has 0 atom stereocenters. The van der Waals surface area contributed by atoms with E-state index in [1.807, 2.05) is 36.5 Å². The highest BCUT2D eigenvalue weighted by atomic mass is 16.5. The summed E-state index contributed by atoms with van der Waals surface area (Å²) < 4.78 is 5.15. The lowest BCUT2D eigenvalue weighted by atomic mass is 9.99. The van der Waals surface area contributed by atoms with Gasteiger partial charge in [-0.3, -0.25) is 9.89 Å². The van der Waals surface area contributed by atoms with Crippen molar-refractivity contribution in [1.29, 1.82) is 0 Å². The Labute approximate surface area is 127 Å². The summed E-state index contributed by atoms with van der Waals surface area (Å²) in [5.41, 5.74) is 9.78. The first-order valence-corrected chi connectivity index (χ1v) is 6.76. The van der Waals surface area contributed by atoms with Gasteiger partial charge in [-0.25, -0.2) is 0 Å². The minimum absolute atomic E-state index is 0.374. The summed E-state index contributed by atoms with van der Waals surface area (Å²) in [6, 6.07) is 13.4. The van der Waals surface area contributed by atoms with E-state index < -0.39 is 5.91 Å². The van der Waals surface area contributed by atoms with E-state index in [-0.39, 0.29) is 0 Å². The Bertz CT molecular complexity index is 793. The van der Waals surface area contributed by atoms with Crippen LogP contribution in [0.15, 0.2) is 54.9 Å². The minimum Gasteiger partial charge on any atom is -0.496 e. The van der Waals surface area contributed by atoms with Crippen LogP contribution in [0.4, 0.5) is 0 Å². The quantitative estimate of drug-likeness (QED) is 0.776. The van der Waals surface area contributed by atoms with Gasteiger partial charge < -0.3 is 10.5 Å². The second-order valence-corrected chi connectivity index (χ2v) is 4.84. The number of aromatic nitrogens is 2. The minimum atomic E-state index is -0.506. The number of nitrogens with zero attached hydrogens (tertiary/aromatic N) is 1. The standard InChI is InChI=1S/C17H15N3O2/c1-22-16-7-6-13(8-15(16)17(18)21)11-2-4-12(5-3-11)14-9-19-20-10-14/h2-10H,1H3,(H2,18,21)(H,19,20). The predicted molar refractivity (Wildman–Crippen MR) is 84.5 cm³/mol. The Balaban J connectivity index is 1.97. The summed E-state index contributed by atoms with van der Waals surface area (Å²) in [5, 5.41) is 6.73. The lowest BCUT2D eigenvalue weighted by Crippen LogP contribution is -2.12. The number of primary amides is 1. The lowest BCUT2D eigenvalue weighted by Gasteiger charge is -2.09. The van der Waals surface area contributed by atoms with Gasteiger partial charge in [-0.2, -0.15) is 5.10 Å². The highest BCUT2D eigenvalue weighted by molar-refractivity contribution is 5.97. The number of ether oxygens (including phenoxy) is 1. The van der Waals surface area contributed by atoms with Gasteiger partial charge in [0.25, 0.3) is 5.91 Å². The van der Waals surface area contributed by atoms with Crippen molar-refractivity contribution in [2.24, 2.45) is 5.73 Å². The topological polar surface area (TPSA) is 81.0 Å². The average Bonchev–Trinajstić information content (AvgIpc) is 3.09. The van der Waals surface area contributed by atoms with Crippen molar-refractivity contribution in [2.45, 2.75) is 0 Å². The number of amides is 1. The first kappa shape index (κ1) is 13.9. The molecule has 5 heteroatoms. The van der Waals surface area contributed by atoms with Crippen LogP contribution in [0, 0.1) is 0 Å². The molecule has 1 amide bonds. The summed E-state index contributed by atoms with van der Waals surface area (Å²) in [5.74, 6) is -0.0278. The zero-order valence-corrected chi connectivity index (χ0v) is 12.0. The number of nitrogens with one attached hydrogen (secondary N) is 1. The molecule has 0 radical (unpaired) electrons. The largest absolute Gasteiger partial charge is 0.496 e. The zero-order chi connectivity index (χ0) is 15.5. The van der Waals surface area contributed by atoms with Crippen LogP contribution in [0.2, 0.25) is 0 Å². The highest BCUT2D eigenvalue weighted by Crippen LogP contribution is 2.28. The molecule has 1 aromatic heterocycles. The van der Waals surface area contributed by atoms with Crippen LogP contribution in [0.3, 0.4) is 0 Å². The first-order chi connectivity index (χ1) is 10.7.